The lowest BCUT2D eigenvalue weighted by molar-refractivity contribution is 0.564. The topological polar surface area (TPSA) is 99.8 Å². The molecule has 9 heteroatoms. The van der Waals surface area contributed by atoms with Crippen LogP contribution in [-0.2, 0) is 16.6 Å². The van der Waals surface area contributed by atoms with Crippen LogP contribution < -0.4 is 10.0 Å². The van der Waals surface area contributed by atoms with Gasteiger partial charge in [-0.2, -0.15) is 5.10 Å². The molecule has 0 saturated carbocycles. The lowest BCUT2D eigenvalue weighted by Crippen LogP contribution is -2.28. The molecule has 0 amide bonds. The molecule has 0 aliphatic heterocycles. The number of sulfonamides is 1. The van der Waals surface area contributed by atoms with Gasteiger partial charge in [0, 0.05) is 18.1 Å². The van der Waals surface area contributed by atoms with Crippen molar-refractivity contribution in [3.63, 3.8) is 0 Å². The molecule has 0 fully saturated rings. The van der Waals surface area contributed by atoms with E-state index in [4.69, 9.17) is 0 Å². The molecule has 0 aliphatic carbocycles. The minimum absolute atomic E-state index is 0.204. The van der Waals surface area contributed by atoms with Gasteiger partial charge in [0.2, 0.25) is 10.0 Å². The average molecular weight is 315 g/mol. The van der Waals surface area contributed by atoms with Crippen LogP contribution in [0.2, 0.25) is 0 Å². The highest BCUT2D eigenvalue weighted by atomic mass is 32.2. The Labute approximate surface area is 121 Å². The van der Waals surface area contributed by atoms with Crippen molar-refractivity contribution in [1.82, 2.24) is 25.2 Å². The van der Waals surface area contributed by atoms with E-state index >= 15 is 0 Å². The third kappa shape index (κ3) is 3.06. The summed E-state index contributed by atoms with van der Waals surface area (Å²) >= 11 is 1.41. The summed E-state index contributed by atoms with van der Waals surface area (Å²) in [7, 11) is -1.90. The van der Waals surface area contributed by atoms with Gasteiger partial charge in [-0.25, -0.2) is 18.1 Å². The zero-order chi connectivity index (χ0) is 14.8. The van der Waals surface area contributed by atoms with Gasteiger partial charge in [-0.05, 0) is 20.9 Å². The summed E-state index contributed by atoms with van der Waals surface area (Å²) in [6, 6.07) is -0.378. The number of rotatable bonds is 6. The number of thiazole rings is 1. The lowest BCUT2D eigenvalue weighted by Gasteiger charge is -2.12. The number of hydrogen-bond acceptors (Lipinski definition) is 6. The highest BCUT2D eigenvalue weighted by Gasteiger charge is 2.26. The molecule has 0 radical (unpaired) electrons. The first-order valence-electron chi connectivity index (χ1n) is 6.06. The van der Waals surface area contributed by atoms with Gasteiger partial charge in [-0.3, -0.25) is 5.10 Å². The molecule has 110 valence electrons. The van der Waals surface area contributed by atoms with E-state index < -0.39 is 10.0 Å². The second-order valence-corrected chi connectivity index (χ2v) is 6.95. The van der Waals surface area contributed by atoms with Crippen molar-refractivity contribution in [1.29, 1.82) is 0 Å². The van der Waals surface area contributed by atoms with Crippen LogP contribution in [0, 0.1) is 6.92 Å². The maximum atomic E-state index is 12.5. The normalized spacial score (nSPS) is 13.6. The van der Waals surface area contributed by atoms with Crippen LogP contribution in [0.5, 0.6) is 0 Å². The van der Waals surface area contributed by atoms with Crippen molar-refractivity contribution in [2.45, 2.75) is 31.3 Å². The Morgan fingerprint density at radius 1 is 1.50 bits per heavy atom. The monoisotopic (exact) mass is 315 g/mol. The van der Waals surface area contributed by atoms with Gasteiger partial charge in [0.05, 0.1) is 17.4 Å². The Hall–Kier alpha value is -1.29. The van der Waals surface area contributed by atoms with Crippen molar-refractivity contribution in [3.05, 3.63) is 28.0 Å². The van der Waals surface area contributed by atoms with E-state index in [1.54, 1.807) is 27.1 Å². The summed E-state index contributed by atoms with van der Waals surface area (Å²) in [6.45, 7) is 3.84. The second kappa shape index (κ2) is 6.00. The molecule has 20 heavy (non-hydrogen) atoms. The third-order valence-electron chi connectivity index (χ3n) is 2.73. The summed E-state index contributed by atoms with van der Waals surface area (Å²) < 4.78 is 27.6. The van der Waals surface area contributed by atoms with Crippen LogP contribution in [0.3, 0.4) is 0 Å². The maximum absolute atomic E-state index is 12.5. The third-order valence-corrected chi connectivity index (χ3v) is 5.43. The molecule has 0 aliphatic rings. The van der Waals surface area contributed by atoms with Gasteiger partial charge in [0.1, 0.15) is 9.90 Å². The Kier molecular flexibility index (Phi) is 4.53. The van der Waals surface area contributed by atoms with Gasteiger partial charge in [0.15, 0.2) is 0 Å². The van der Waals surface area contributed by atoms with E-state index in [1.807, 2.05) is 5.38 Å². The molecular formula is C11H17N5O2S2. The van der Waals surface area contributed by atoms with E-state index in [0.29, 0.717) is 17.9 Å². The van der Waals surface area contributed by atoms with Crippen molar-refractivity contribution in [2.75, 3.05) is 7.05 Å². The number of aromatic nitrogens is 3. The van der Waals surface area contributed by atoms with Crippen molar-refractivity contribution in [2.24, 2.45) is 0 Å². The Morgan fingerprint density at radius 3 is 2.85 bits per heavy atom. The smallest absolute Gasteiger partial charge is 0.244 e. The van der Waals surface area contributed by atoms with Crippen LogP contribution >= 0.6 is 11.3 Å². The van der Waals surface area contributed by atoms with E-state index in [1.165, 1.54) is 11.3 Å². The predicted octanol–water partition coefficient (Wildman–Crippen LogP) is 0.934. The van der Waals surface area contributed by atoms with Crippen LogP contribution in [0.25, 0.3) is 0 Å². The quantitative estimate of drug-likeness (QED) is 0.736. The van der Waals surface area contributed by atoms with E-state index in [0.717, 1.165) is 5.01 Å². The van der Waals surface area contributed by atoms with Crippen LogP contribution in [0.4, 0.5) is 0 Å². The van der Waals surface area contributed by atoms with E-state index in [2.05, 4.69) is 25.2 Å². The molecule has 0 saturated heterocycles. The molecule has 0 bridgehead atoms. The fourth-order valence-electron chi connectivity index (χ4n) is 1.90. The number of hydrogen-bond donors (Lipinski definition) is 3. The van der Waals surface area contributed by atoms with Crippen molar-refractivity contribution in [3.8, 4) is 0 Å². The summed E-state index contributed by atoms with van der Waals surface area (Å²) in [4.78, 5) is 4.32. The Balaban J connectivity index is 2.29. The number of aryl methyl sites for hydroxylation is 1. The average Bonchev–Trinajstić information content (AvgIpc) is 2.99. The summed E-state index contributed by atoms with van der Waals surface area (Å²) in [6.07, 6.45) is 1.65. The molecule has 1 unspecified atom stereocenters. The molecule has 2 aromatic heterocycles. The van der Waals surface area contributed by atoms with Crippen LogP contribution in [0.1, 0.15) is 29.4 Å². The molecule has 0 spiro atoms. The van der Waals surface area contributed by atoms with Gasteiger partial charge in [0.25, 0.3) is 0 Å². The fourth-order valence-corrected chi connectivity index (χ4v) is 4.20. The highest BCUT2D eigenvalue weighted by molar-refractivity contribution is 7.89. The zero-order valence-electron chi connectivity index (χ0n) is 11.5. The van der Waals surface area contributed by atoms with Crippen LogP contribution in [0.15, 0.2) is 16.5 Å². The minimum atomic E-state index is -3.64. The zero-order valence-corrected chi connectivity index (χ0v) is 13.1. The van der Waals surface area contributed by atoms with Crippen molar-refractivity contribution >= 4 is 21.4 Å². The Bertz CT molecular complexity index is 663. The Morgan fingerprint density at radius 2 is 2.25 bits per heavy atom. The molecule has 2 heterocycles. The van der Waals surface area contributed by atoms with Gasteiger partial charge < -0.3 is 5.32 Å². The standard InChI is InChI=1S/C11H17N5O2S2/c1-7-10(9(6-12-3)15-14-7)20(17,18)16-8(2)11-13-4-5-19-11/h4-5,8,12,16H,6H2,1-3H3,(H,14,15). The van der Waals surface area contributed by atoms with Gasteiger partial charge in [-0.1, -0.05) is 0 Å². The highest BCUT2D eigenvalue weighted by Crippen LogP contribution is 2.22. The first-order valence-corrected chi connectivity index (χ1v) is 8.42. The number of H-pyrrole nitrogens is 1. The molecule has 2 aromatic rings. The fraction of sp³-hybridized carbons (Fsp3) is 0.455. The molecule has 3 N–H and O–H groups in total. The minimum Gasteiger partial charge on any atom is -0.314 e. The van der Waals surface area contributed by atoms with E-state index in [-0.39, 0.29) is 10.9 Å². The summed E-state index contributed by atoms with van der Waals surface area (Å²) in [5.74, 6) is 0. The summed E-state index contributed by atoms with van der Waals surface area (Å²) in [5.41, 5.74) is 0.998. The molecule has 2 rings (SSSR count). The molecule has 7 nitrogen and oxygen atoms in total. The van der Waals surface area contributed by atoms with Gasteiger partial charge >= 0.3 is 0 Å². The van der Waals surface area contributed by atoms with Crippen LogP contribution in [-0.4, -0.2) is 30.6 Å². The maximum Gasteiger partial charge on any atom is 0.244 e. The number of aromatic amines is 1. The van der Waals surface area contributed by atoms with Gasteiger partial charge in [-0.15, -0.1) is 11.3 Å². The number of nitrogens with zero attached hydrogens (tertiary/aromatic N) is 2. The van der Waals surface area contributed by atoms with E-state index in [9.17, 15) is 8.42 Å². The second-order valence-electron chi connectivity index (χ2n) is 4.37. The van der Waals surface area contributed by atoms with Crippen molar-refractivity contribution < 1.29 is 8.42 Å². The predicted molar refractivity (Wildman–Crippen MR) is 76.9 cm³/mol. The first-order chi connectivity index (χ1) is 9.45. The molecule has 1 atom stereocenters. The summed E-state index contributed by atoms with van der Waals surface area (Å²) in [5, 5.41) is 12.2. The SMILES string of the molecule is CNCc1n[nH]c(C)c1S(=O)(=O)NC(C)c1nccs1. The number of nitrogens with one attached hydrogen (secondary N) is 3. The first kappa shape index (κ1) is 15.1. The largest absolute Gasteiger partial charge is 0.314 e. The molecular weight excluding hydrogens is 298 g/mol. The molecule has 0 aromatic carbocycles. The lowest BCUT2D eigenvalue weighted by atomic mass is 10.4.